The van der Waals surface area contributed by atoms with Crippen molar-refractivity contribution in [2.45, 2.75) is 26.0 Å². The molecule has 2 aromatic rings. The van der Waals surface area contributed by atoms with Crippen LogP contribution in [0.5, 0.6) is 0 Å². The third-order valence-corrected chi connectivity index (χ3v) is 5.62. The molecule has 1 unspecified atom stereocenters. The second-order valence-electron chi connectivity index (χ2n) is 5.18. The number of carboxylic acids is 1. The molecular formula is C15H18O3S2. The molecule has 0 bridgehead atoms. The summed E-state index contributed by atoms with van der Waals surface area (Å²) in [7, 11) is -1.01. The molecule has 108 valence electrons. The Hall–Kier alpha value is -1.20. The van der Waals surface area contributed by atoms with Crippen molar-refractivity contribution < 1.29 is 14.1 Å². The molecule has 0 amide bonds. The quantitative estimate of drug-likeness (QED) is 0.880. The van der Waals surface area contributed by atoms with Crippen molar-refractivity contribution in [3.8, 4) is 0 Å². The fourth-order valence-corrected chi connectivity index (χ4v) is 4.67. The molecule has 1 heterocycles. The van der Waals surface area contributed by atoms with E-state index in [2.05, 4.69) is 13.8 Å². The molecule has 3 nitrogen and oxygen atoms in total. The Morgan fingerprint density at radius 1 is 1.35 bits per heavy atom. The van der Waals surface area contributed by atoms with Crippen LogP contribution in [0.3, 0.4) is 0 Å². The number of hydrogen-bond acceptors (Lipinski definition) is 3. The van der Waals surface area contributed by atoms with Gasteiger partial charge in [0.2, 0.25) is 0 Å². The molecule has 0 spiro atoms. The molecule has 1 aromatic carbocycles. The highest BCUT2D eigenvalue weighted by molar-refractivity contribution is 7.84. The molecule has 0 aliphatic rings. The largest absolute Gasteiger partial charge is 0.477 e. The molecule has 20 heavy (non-hydrogen) atoms. The van der Waals surface area contributed by atoms with Crippen molar-refractivity contribution in [3.05, 3.63) is 34.7 Å². The Bertz CT molecular complexity index is 644. The number of hydrogen-bond donors (Lipinski definition) is 1. The average molecular weight is 310 g/mol. The molecule has 2 rings (SSSR count). The molecular weight excluding hydrogens is 292 g/mol. The first-order valence-corrected chi connectivity index (χ1v) is 8.88. The van der Waals surface area contributed by atoms with Crippen LogP contribution in [0.15, 0.2) is 24.3 Å². The van der Waals surface area contributed by atoms with E-state index in [0.717, 1.165) is 22.1 Å². The first-order chi connectivity index (χ1) is 9.49. The zero-order valence-corrected chi connectivity index (χ0v) is 13.2. The SMILES string of the molecule is CC(C)CCS(=O)Cc1c(C(=O)O)sc2ccccc12. The van der Waals surface area contributed by atoms with Crippen LogP contribution in [0, 0.1) is 5.92 Å². The van der Waals surface area contributed by atoms with Crippen LogP contribution >= 0.6 is 11.3 Å². The van der Waals surface area contributed by atoms with Crippen molar-refractivity contribution in [1.29, 1.82) is 0 Å². The van der Waals surface area contributed by atoms with Gasteiger partial charge in [0.05, 0.1) is 5.75 Å². The van der Waals surface area contributed by atoms with Gasteiger partial charge in [0, 0.05) is 21.3 Å². The van der Waals surface area contributed by atoms with Gasteiger partial charge in [-0.05, 0) is 29.4 Å². The standard InChI is InChI=1S/C15H18O3S2/c1-10(2)7-8-20(18)9-12-11-5-3-4-6-13(11)19-14(12)15(16)17/h3-6,10H,7-9H2,1-2H3,(H,16,17). The normalized spacial score (nSPS) is 12.9. The minimum absolute atomic E-state index is 0.323. The summed E-state index contributed by atoms with van der Waals surface area (Å²) in [6.45, 7) is 4.19. The third-order valence-electron chi connectivity index (χ3n) is 3.12. The van der Waals surface area contributed by atoms with Crippen LogP contribution in [-0.2, 0) is 16.6 Å². The summed E-state index contributed by atoms with van der Waals surface area (Å²) < 4.78 is 13.1. The lowest BCUT2D eigenvalue weighted by Crippen LogP contribution is -2.06. The molecule has 1 atom stereocenters. The molecule has 0 aliphatic carbocycles. The van der Waals surface area contributed by atoms with Crippen molar-refractivity contribution in [2.24, 2.45) is 5.92 Å². The van der Waals surface area contributed by atoms with E-state index in [-0.39, 0.29) is 0 Å². The van der Waals surface area contributed by atoms with Gasteiger partial charge in [0.1, 0.15) is 4.88 Å². The van der Waals surface area contributed by atoms with E-state index in [1.807, 2.05) is 24.3 Å². The van der Waals surface area contributed by atoms with Gasteiger partial charge in [-0.15, -0.1) is 11.3 Å². The predicted octanol–water partition coefficient (Wildman–Crippen LogP) is 3.89. The molecule has 1 aromatic heterocycles. The van der Waals surface area contributed by atoms with Crippen LogP contribution in [0.1, 0.15) is 35.5 Å². The first-order valence-electron chi connectivity index (χ1n) is 6.57. The lowest BCUT2D eigenvalue weighted by molar-refractivity contribution is 0.0701. The Labute approximate surface area is 125 Å². The maximum atomic E-state index is 12.2. The van der Waals surface area contributed by atoms with E-state index in [9.17, 15) is 14.1 Å². The van der Waals surface area contributed by atoms with Crippen molar-refractivity contribution in [2.75, 3.05) is 5.75 Å². The molecule has 0 fully saturated rings. The van der Waals surface area contributed by atoms with E-state index in [1.54, 1.807) is 0 Å². The number of aromatic carboxylic acids is 1. The summed E-state index contributed by atoms with van der Waals surface area (Å²) in [4.78, 5) is 11.7. The van der Waals surface area contributed by atoms with Gasteiger partial charge >= 0.3 is 5.97 Å². The van der Waals surface area contributed by atoms with Crippen LogP contribution < -0.4 is 0 Å². The smallest absolute Gasteiger partial charge is 0.346 e. The number of thiophene rings is 1. The van der Waals surface area contributed by atoms with E-state index in [4.69, 9.17) is 0 Å². The fraction of sp³-hybridized carbons (Fsp3) is 0.400. The fourth-order valence-electron chi connectivity index (χ4n) is 2.02. The number of benzene rings is 1. The van der Waals surface area contributed by atoms with Gasteiger partial charge in [0.25, 0.3) is 0 Å². The molecule has 0 saturated heterocycles. The van der Waals surface area contributed by atoms with Gasteiger partial charge in [-0.2, -0.15) is 0 Å². The number of fused-ring (bicyclic) bond motifs is 1. The zero-order valence-electron chi connectivity index (χ0n) is 11.6. The zero-order chi connectivity index (χ0) is 14.7. The van der Waals surface area contributed by atoms with Crippen LogP contribution in [-0.4, -0.2) is 21.0 Å². The third kappa shape index (κ3) is 3.46. The van der Waals surface area contributed by atoms with Gasteiger partial charge in [-0.3, -0.25) is 4.21 Å². The molecule has 1 N–H and O–H groups in total. The van der Waals surface area contributed by atoms with Gasteiger partial charge < -0.3 is 5.11 Å². The maximum Gasteiger partial charge on any atom is 0.346 e. The summed E-state index contributed by atoms with van der Waals surface area (Å²) >= 11 is 1.26. The van der Waals surface area contributed by atoms with E-state index >= 15 is 0 Å². The van der Waals surface area contributed by atoms with E-state index in [1.165, 1.54) is 11.3 Å². The lowest BCUT2D eigenvalue weighted by Gasteiger charge is -2.05. The Morgan fingerprint density at radius 3 is 2.70 bits per heavy atom. The molecule has 5 heteroatoms. The van der Waals surface area contributed by atoms with Gasteiger partial charge in [-0.1, -0.05) is 32.0 Å². The van der Waals surface area contributed by atoms with Crippen LogP contribution in [0.4, 0.5) is 0 Å². The lowest BCUT2D eigenvalue weighted by atomic mass is 10.1. The molecule has 0 radical (unpaired) electrons. The highest BCUT2D eigenvalue weighted by atomic mass is 32.2. The molecule has 0 saturated carbocycles. The second kappa shape index (κ2) is 6.50. The van der Waals surface area contributed by atoms with Gasteiger partial charge in [0.15, 0.2) is 0 Å². The summed E-state index contributed by atoms with van der Waals surface area (Å²) in [6.07, 6.45) is 0.900. The minimum atomic E-state index is -1.01. The second-order valence-corrected chi connectivity index (χ2v) is 7.81. The van der Waals surface area contributed by atoms with E-state index in [0.29, 0.717) is 22.3 Å². The summed E-state index contributed by atoms with van der Waals surface area (Å²) in [5, 5.41) is 10.2. The van der Waals surface area contributed by atoms with Crippen molar-refractivity contribution >= 4 is 38.2 Å². The van der Waals surface area contributed by atoms with Crippen LogP contribution in [0.2, 0.25) is 0 Å². The summed E-state index contributed by atoms with van der Waals surface area (Å²) in [5.41, 5.74) is 0.722. The van der Waals surface area contributed by atoms with Crippen molar-refractivity contribution in [3.63, 3.8) is 0 Å². The molecule has 0 aliphatic heterocycles. The topological polar surface area (TPSA) is 54.4 Å². The monoisotopic (exact) mass is 310 g/mol. The Balaban J connectivity index is 2.30. The van der Waals surface area contributed by atoms with Crippen LogP contribution in [0.25, 0.3) is 10.1 Å². The highest BCUT2D eigenvalue weighted by Crippen LogP contribution is 2.32. The minimum Gasteiger partial charge on any atom is -0.477 e. The highest BCUT2D eigenvalue weighted by Gasteiger charge is 2.19. The summed E-state index contributed by atoms with van der Waals surface area (Å²) in [5.74, 6) is 0.540. The number of carbonyl (C=O) groups is 1. The Morgan fingerprint density at radius 2 is 2.05 bits per heavy atom. The van der Waals surface area contributed by atoms with E-state index < -0.39 is 16.8 Å². The van der Waals surface area contributed by atoms with Crippen molar-refractivity contribution in [1.82, 2.24) is 0 Å². The summed E-state index contributed by atoms with van der Waals surface area (Å²) in [6, 6.07) is 7.60. The van der Waals surface area contributed by atoms with Gasteiger partial charge in [-0.25, -0.2) is 4.79 Å². The Kier molecular flexibility index (Phi) is 4.94. The first kappa shape index (κ1) is 15.2. The predicted molar refractivity (Wildman–Crippen MR) is 85.0 cm³/mol. The number of rotatable bonds is 6. The average Bonchev–Trinajstić information content (AvgIpc) is 2.76. The number of carboxylic acid groups (broad SMARTS) is 1. The maximum absolute atomic E-state index is 12.2.